The van der Waals surface area contributed by atoms with Gasteiger partial charge >= 0.3 is 0 Å². The Morgan fingerprint density at radius 2 is 2.44 bits per heavy atom. The van der Waals surface area contributed by atoms with Gasteiger partial charge in [0.15, 0.2) is 0 Å². The summed E-state index contributed by atoms with van der Waals surface area (Å²) in [5.74, 6) is 5.57. The van der Waals surface area contributed by atoms with Crippen LogP contribution in [0.15, 0.2) is 11.4 Å². The maximum absolute atomic E-state index is 12.0. The summed E-state index contributed by atoms with van der Waals surface area (Å²) in [6, 6.07) is 1.91. The Morgan fingerprint density at radius 1 is 1.67 bits per heavy atom. The van der Waals surface area contributed by atoms with E-state index in [2.05, 4.69) is 17.2 Å². The average Bonchev–Trinajstić information content (AvgIpc) is 2.82. The Balaban J connectivity index is 2.64. The minimum absolute atomic E-state index is 0.0786. The van der Waals surface area contributed by atoms with Crippen molar-refractivity contribution in [2.45, 2.75) is 19.4 Å². The molecule has 1 atom stereocenters. The van der Waals surface area contributed by atoms with Crippen molar-refractivity contribution in [3.63, 3.8) is 0 Å². The van der Waals surface area contributed by atoms with E-state index in [1.54, 1.807) is 7.11 Å². The Bertz CT molecular complexity index is 445. The number of hydrogen-bond acceptors (Lipinski definition) is 4. The van der Waals surface area contributed by atoms with Crippen LogP contribution in [-0.4, -0.2) is 32.2 Å². The molecule has 0 fully saturated rings. The van der Waals surface area contributed by atoms with Crippen LogP contribution in [0.1, 0.15) is 28.6 Å². The van der Waals surface area contributed by atoms with E-state index in [9.17, 15) is 4.79 Å². The number of ether oxygens (including phenoxy) is 1. The van der Waals surface area contributed by atoms with E-state index >= 15 is 0 Å². The van der Waals surface area contributed by atoms with Crippen LogP contribution in [0.4, 0.5) is 0 Å². The summed E-state index contributed by atoms with van der Waals surface area (Å²) in [5.41, 5.74) is 6.06. The fourth-order valence-corrected chi connectivity index (χ4v) is 2.14. The number of nitrogens with two attached hydrogens (primary N) is 1. The smallest absolute Gasteiger partial charge is 0.262 e. The van der Waals surface area contributed by atoms with Crippen molar-refractivity contribution in [1.82, 2.24) is 5.32 Å². The van der Waals surface area contributed by atoms with Crippen molar-refractivity contribution >= 4 is 17.2 Å². The summed E-state index contributed by atoms with van der Waals surface area (Å²) in [4.78, 5) is 12.7. The van der Waals surface area contributed by atoms with E-state index in [0.29, 0.717) is 18.0 Å². The van der Waals surface area contributed by atoms with Gasteiger partial charge in [0, 0.05) is 25.3 Å². The summed E-state index contributed by atoms with van der Waals surface area (Å²) < 4.78 is 4.98. The topological polar surface area (TPSA) is 64.3 Å². The maximum atomic E-state index is 12.0. The third-order valence-electron chi connectivity index (χ3n) is 2.33. The predicted octanol–water partition coefficient (Wildman–Crippen LogP) is 1.21. The fraction of sp³-hybridized carbons (Fsp3) is 0.462. The number of carbonyl (C=O) groups is 1. The predicted molar refractivity (Wildman–Crippen MR) is 73.7 cm³/mol. The molecular formula is C13H18N2O2S. The van der Waals surface area contributed by atoms with Gasteiger partial charge < -0.3 is 15.8 Å². The molecule has 0 aliphatic heterocycles. The highest BCUT2D eigenvalue weighted by molar-refractivity contribution is 7.12. The van der Waals surface area contributed by atoms with E-state index in [4.69, 9.17) is 10.5 Å². The van der Waals surface area contributed by atoms with Gasteiger partial charge in [-0.3, -0.25) is 4.79 Å². The van der Waals surface area contributed by atoms with Crippen LogP contribution in [0, 0.1) is 11.8 Å². The van der Waals surface area contributed by atoms with Gasteiger partial charge in [-0.15, -0.1) is 11.3 Å². The molecular weight excluding hydrogens is 248 g/mol. The molecule has 3 N–H and O–H groups in total. The van der Waals surface area contributed by atoms with Crippen molar-refractivity contribution in [3.8, 4) is 11.8 Å². The Morgan fingerprint density at radius 3 is 3.11 bits per heavy atom. The maximum Gasteiger partial charge on any atom is 0.262 e. The monoisotopic (exact) mass is 266 g/mol. The van der Waals surface area contributed by atoms with Crippen molar-refractivity contribution in [2.24, 2.45) is 5.73 Å². The molecule has 98 valence electrons. The first kappa shape index (κ1) is 14.7. The van der Waals surface area contributed by atoms with E-state index in [0.717, 1.165) is 12.0 Å². The molecule has 0 saturated carbocycles. The summed E-state index contributed by atoms with van der Waals surface area (Å²) in [5, 5.41) is 4.78. The zero-order valence-corrected chi connectivity index (χ0v) is 11.5. The summed E-state index contributed by atoms with van der Waals surface area (Å²) in [6.45, 7) is 2.88. The lowest BCUT2D eigenvalue weighted by Crippen LogP contribution is -2.33. The zero-order chi connectivity index (χ0) is 13.4. The molecule has 0 aliphatic carbocycles. The summed E-state index contributed by atoms with van der Waals surface area (Å²) in [7, 11) is 1.65. The van der Waals surface area contributed by atoms with Crippen molar-refractivity contribution in [3.05, 3.63) is 21.9 Å². The molecule has 0 spiro atoms. The summed E-state index contributed by atoms with van der Waals surface area (Å²) >= 11 is 1.39. The summed E-state index contributed by atoms with van der Waals surface area (Å²) in [6.07, 6.45) is 0.789. The minimum Gasteiger partial charge on any atom is -0.385 e. The van der Waals surface area contributed by atoms with Crippen LogP contribution in [0.3, 0.4) is 0 Å². The highest BCUT2D eigenvalue weighted by Gasteiger charge is 2.14. The Labute approximate surface area is 112 Å². The fourth-order valence-electron chi connectivity index (χ4n) is 1.39. The minimum atomic E-state index is -0.0880. The molecule has 0 aromatic carbocycles. The normalized spacial score (nSPS) is 11.5. The molecule has 1 amide bonds. The molecule has 1 aromatic rings. The quantitative estimate of drug-likeness (QED) is 0.787. The lowest BCUT2D eigenvalue weighted by molar-refractivity contribution is 0.0933. The molecule has 5 heteroatoms. The molecule has 0 saturated heterocycles. The van der Waals surface area contributed by atoms with E-state index in [1.807, 2.05) is 18.4 Å². The first-order chi connectivity index (χ1) is 8.69. The van der Waals surface area contributed by atoms with Gasteiger partial charge in [-0.2, -0.15) is 0 Å². The lowest BCUT2D eigenvalue weighted by Gasteiger charge is -2.12. The molecule has 0 radical (unpaired) electrons. The van der Waals surface area contributed by atoms with E-state index in [1.165, 1.54) is 11.3 Å². The Hall–Kier alpha value is -1.35. The van der Waals surface area contributed by atoms with Crippen LogP contribution < -0.4 is 11.1 Å². The molecule has 1 rings (SSSR count). The number of hydrogen-bond donors (Lipinski definition) is 2. The van der Waals surface area contributed by atoms with Crippen LogP contribution in [0.5, 0.6) is 0 Å². The molecule has 4 nitrogen and oxygen atoms in total. The van der Waals surface area contributed by atoms with Crippen molar-refractivity contribution in [1.29, 1.82) is 0 Å². The van der Waals surface area contributed by atoms with Crippen LogP contribution >= 0.6 is 11.3 Å². The van der Waals surface area contributed by atoms with Gasteiger partial charge in [0.2, 0.25) is 0 Å². The molecule has 0 bridgehead atoms. The molecule has 18 heavy (non-hydrogen) atoms. The lowest BCUT2D eigenvalue weighted by atomic mass is 10.2. The number of rotatable bonds is 5. The highest BCUT2D eigenvalue weighted by atomic mass is 32.1. The second-order valence-corrected chi connectivity index (χ2v) is 4.74. The largest absolute Gasteiger partial charge is 0.385 e. The van der Waals surface area contributed by atoms with Crippen molar-refractivity contribution < 1.29 is 9.53 Å². The second-order valence-electron chi connectivity index (χ2n) is 3.83. The van der Waals surface area contributed by atoms with Crippen LogP contribution in [0.25, 0.3) is 0 Å². The highest BCUT2D eigenvalue weighted by Crippen LogP contribution is 2.15. The van der Waals surface area contributed by atoms with E-state index in [-0.39, 0.29) is 11.9 Å². The molecule has 1 unspecified atom stereocenters. The first-order valence-corrected chi connectivity index (χ1v) is 6.63. The van der Waals surface area contributed by atoms with Crippen LogP contribution in [0.2, 0.25) is 0 Å². The van der Waals surface area contributed by atoms with Crippen LogP contribution in [-0.2, 0) is 4.74 Å². The number of thiophene rings is 1. The molecule has 0 aliphatic rings. The zero-order valence-electron chi connectivity index (χ0n) is 10.7. The first-order valence-electron chi connectivity index (χ1n) is 5.75. The number of carbonyl (C=O) groups excluding carboxylic acids is 1. The third kappa shape index (κ3) is 4.49. The van der Waals surface area contributed by atoms with E-state index < -0.39 is 0 Å². The molecule has 1 heterocycles. The Kier molecular flexibility index (Phi) is 6.44. The SMILES string of the molecule is COCCC(C)NC(=O)c1sccc1C#CCN. The number of nitrogens with one attached hydrogen (secondary N) is 1. The standard InChI is InChI=1S/C13H18N2O2S/c1-10(5-8-17-2)15-13(16)12-11(4-3-7-14)6-9-18-12/h6,9-10H,5,7-8,14H2,1-2H3,(H,15,16). The van der Waals surface area contributed by atoms with Gasteiger partial charge in [0.25, 0.3) is 5.91 Å². The van der Waals surface area contributed by atoms with Gasteiger partial charge in [-0.25, -0.2) is 0 Å². The van der Waals surface area contributed by atoms with Gasteiger partial charge in [0.05, 0.1) is 6.54 Å². The third-order valence-corrected chi connectivity index (χ3v) is 3.24. The second kappa shape index (κ2) is 7.88. The molecule has 1 aromatic heterocycles. The average molecular weight is 266 g/mol. The number of amides is 1. The van der Waals surface area contributed by atoms with Gasteiger partial charge in [-0.05, 0) is 24.8 Å². The van der Waals surface area contributed by atoms with Crippen molar-refractivity contribution in [2.75, 3.05) is 20.3 Å². The number of methoxy groups -OCH3 is 1. The van der Waals surface area contributed by atoms with Gasteiger partial charge in [-0.1, -0.05) is 11.8 Å². The van der Waals surface area contributed by atoms with Gasteiger partial charge in [0.1, 0.15) is 4.88 Å².